The molecule has 0 spiro atoms. The molecule has 30 heavy (non-hydrogen) atoms. The van der Waals surface area contributed by atoms with Crippen molar-refractivity contribution in [3.63, 3.8) is 0 Å². The van der Waals surface area contributed by atoms with Gasteiger partial charge in [0.25, 0.3) is 0 Å². The minimum Gasteiger partial charge on any atom is -0.414 e. The summed E-state index contributed by atoms with van der Waals surface area (Å²) in [5.74, 6) is 4.07. The van der Waals surface area contributed by atoms with Crippen LogP contribution in [0.15, 0.2) is 0 Å². The van der Waals surface area contributed by atoms with Crippen LogP contribution in [0.3, 0.4) is 0 Å². The molecule has 0 aliphatic heterocycles. The zero-order chi connectivity index (χ0) is 22.1. The molecule has 0 aromatic rings. The predicted octanol–water partition coefficient (Wildman–Crippen LogP) is 7.42. The summed E-state index contributed by atoms with van der Waals surface area (Å²) in [6, 6.07) is 0. The summed E-state index contributed by atoms with van der Waals surface area (Å²) in [6.45, 7) is 19.2. The third kappa shape index (κ3) is 3.57. The highest BCUT2D eigenvalue weighted by molar-refractivity contribution is 6.74. The summed E-state index contributed by atoms with van der Waals surface area (Å²) >= 11 is 0. The average Bonchev–Trinajstić information content (AvgIpc) is 2.98. The molecule has 0 aromatic heterocycles. The Hall–Kier alpha value is 0.137. The van der Waals surface area contributed by atoms with Gasteiger partial charge >= 0.3 is 0 Å². The van der Waals surface area contributed by atoms with E-state index in [0.717, 1.165) is 23.7 Å². The van der Waals surface area contributed by atoms with Crippen LogP contribution in [0.2, 0.25) is 18.1 Å². The molecule has 2 nitrogen and oxygen atoms in total. The van der Waals surface area contributed by atoms with Crippen LogP contribution in [-0.4, -0.2) is 25.6 Å². The van der Waals surface area contributed by atoms with E-state index in [1.807, 2.05) is 6.92 Å². The van der Waals surface area contributed by atoms with Gasteiger partial charge in [-0.3, -0.25) is 0 Å². The van der Waals surface area contributed by atoms with E-state index in [1.165, 1.54) is 57.8 Å². The van der Waals surface area contributed by atoms with Crippen LogP contribution < -0.4 is 0 Å². The molecule has 0 unspecified atom stereocenters. The Morgan fingerprint density at radius 2 is 1.53 bits per heavy atom. The van der Waals surface area contributed by atoms with Gasteiger partial charge in [0.15, 0.2) is 8.32 Å². The van der Waals surface area contributed by atoms with Crippen molar-refractivity contribution in [2.24, 2.45) is 40.4 Å². The van der Waals surface area contributed by atoms with Gasteiger partial charge in [0.1, 0.15) is 0 Å². The number of hydrogen-bond acceptors (Lipinski definition) is 2. The van der Waals surface area contributed by atoms with E-state index < -0.39 is 8.32 Å². The molecule has 4 rings (SSSR count). The van der Waals surface area contributed by atoms with E-state index >= 15 is 0 Å². The van der Waals surface area contributed by atoms with Crippen molar-refractivity contribution in [2.75, 3.05) is 0 Å². The van der Waals surface area contributed by atoms with Gasteiger partial charge in [-0.15, -0.1) is 0 Å². The maximum atomic E-state index is 10.5. The third-order valence-electron chi connectivity index (χ3n) is 11.5. The lowest BCUT2D eigenvalue weighted by atomic mass is 9.44. The zero-order valence-electron chi connectivity index (χ0n) is 21.3. The molecule has 1 N–H and O–H groups in total. The van der Waals surface area contributed by atoms with Crippen LogP contribution in [-0.2, 0) is 4.43 Å². The van der Waals surface area contributed by atoms with Crippen molar-refractivity contribution in [1.29, 1.82) is 0 Å². The maximum Gasteiger partial charge on any atom is 0.192 e. The molecule has 174 valence electrons. The average molecular weight is 435 g/mol. The lowest BCUT2D eigenvalue weighted by Gasteiger charge is -2.61. The Kier molecular flexibility index (Phi) is 5.89. The van der Waals surface area contributed by atoms with Gasteiger partial charge in [0, 0.05) is 6.10 Å². The van der Waals surface area contributed by atoms with Crippen LogP contribution in [0.5, 0.6) is 0 Å². The summed E-state index contributed by atoms with van der Waals surface area (Å²) in [6.07, 6.45) is 12.6. The number of fused-ring (bicyclic) bond motifs is 5. The first-order chi connectivity index (χ1) is 13.8. The molecule has 4 aliphatic carbocycles. The van der Waals surface area contributed by atoms with Gasteiger partial charge in [0.2, 0.25) is 0 Å². The minimum atomic E-state index is -1.68. The second-order valence-electron chi connectivity index (χ2n) is 13.9. The molecule has 0 aromatic carbocycles. The van der Waals surface area contributed by atoms with Gasteiger partial charge in [-0.25, -0.2) is 0 Å². The lowest BCUT2D eigenvalue weighted by molar-refractivity contribution is -0.130. The lowest BCUT2D eigenvalue weighted by Crippen LogP contribution is -2.55. The number of aliphatic hydroxyl groups excluding tert-OH is 1. The Morgan fingerprint density at radius 3 is 2.17 bits per heavy atom. The van der Waals surface area contributed by atoms with Crippen molar-refractivity contribution in [3.8, 4) is 0 Å². The summed E-state index contributed by atoms with van der Waals surface area (Å²) in [5.41, 5.74) is 0.918. The molecule has 3 heteroatoms. The van der Waals surface area contributed by atoms with Crippen molar-refractivity contribution in [3.05, 3.63) is 0 Å². The van der Waals surface area contributed by atoms with E-state index in [-0.39, 0.29) is 6.10 Å². The first-order valence-corrected chi connectivity index (χ1v) is 16.1. The van der Waals surface area contributed by atoms with Crippen molar-refractivity contribution < 1.29 is 9.53 Å². The zero-order valence-corrected chi connectivity index (χ0v) is 22.3. The molecule has 9 atom stereocenters. The first-order valence-electron chi connectivity index (χ1n) is 13.2. The largest absolute Gasteiger partial charge is 0.414 e. The summed E-state index contributed by atoms with van der Waals surface area (Å²) < 4.78 is 6.91. The Bertz CT molecular complexity index is 637. The number of hydrogen-bond donors (Lipinski definition) is 1. The van der Waals surface area contributed by atoms with Crippen molar-refractivity contribution in [2.45, 2.75) is 130 Å². The fourth-order valence-corrected chi connectivity index (χ4v) is 10.2. The van der Waals surface area contributed by atoms with E-state index in [1.54, 1.807) is 0 Å². The number of aliphatic hydroxyl groups is 1. The van der Waals surface area contributed by atoms with E-state index in [2.05, 4.69) is 47.7 Å². The van der Waals surface area contributed by atoms with E-state index in [0.29, 0.717) is 27.9 Å². The monoisotopic (exact) mass is 434 g/mol. The molecule has 0 radical (unpaired) electrons. The minimum absolute atomic E-state index is 0.133. The molecular formula is C27H50O2Si. The van der Waals surface area contributed by atoms with E-state index in [4.69, 9.17) is 4.43 Å². The maximum absolute atomic E-state index is 10.5. The Labute approximate surface area is 188 Å². The summed E-state index contributed by atoms with van der Waals surface area (Å²) in [5, 5.41) is 10.8. The van der Waals surface area contributed by atoms with Gasteiger partial charge in [-0.1, -0.05) is 34.6 Å². The molecule has 0 saturated heterocycles. The molecule has 4 fully saturated rings. The normalized spacial score (nSPS) is 47.9. The quantitative estimate of drug-likeness (QED) is 0.468. The predicted molar refractivity (Wildman–Crippen MR) is 129 cm³/mol. The van der Waals surface area contributed by atoms with E-state index in [9.17, 15) is 5.11 Å². The van der Waals surface area contributed by atoms with Gasteiger partial charge < -0.3 is 9.53 Å². The number of rotatable bonds is 3. The second-order valence-corrected chi connectivity index (χ2v) is 18.7. The highest BCUT2D eigenvalue weighted by Gasteiger charge is 2.60. The highest BCUT2D eigenvalue weighted by atomic mass is 28.4. The Morgan fingerprint density at radius 1 is 0.900 bits per heavy atom. The second kappa shape index (κ2) is 7.59. The molecule has 0 bridgehead atoms. The van der Waals surface area contributed by atoms with Crippen LogP contribution in [0.1, 0.15) is 99.3 Å². The topological polar surface area (TPSA) is 29.5 Å². The fraction of sp³-hybridized carbons (Fsp3) is 1.00. The summed E-state index contributed by atoms with van der Waals surface area (Å²) in [4.78, 5) is 0. The van der Waals surface area contributed by atoms with Crippen LogP contribution >= 0.6 is 0 Å². The molecular weight excluding hydrogens is 384 g/mol. The third-order valence-corrected chi connectivity index (χ3v) is 16.1. The standard InChI is InChI=1S/C27H50O2Si/c1-18(28)22-11-12-23-21-10-9-19-17-20(29-30(7,8)25(2,3)4)13-15-26(19,5)24(21)14-16-27(22,23)6/h18-24,28H,9-17H2,1-8H3/t18-,19+,20-,21+,22-,23+,24+,26+,27-/m1/s1. The molecule has 4 aliphatic rings. The van der Waals surface area contributed by atoms with Crippen molar-refractivity contribution >= 4 is 8.32 Å². The summed E-state index contributed by atoms with van der Waals surface area (Å²) in [7, 11) is -1.68. The molecule has 0 heterocycles. The SMILES string of the molecule is C[C@@H](O)[C@H]1CC[C@H]2[C@@H]3CC[C@H]4C[C@H](O[Si](C)(C)C(C)(C)C)CC[C@]4(C)[C@H]3CC[C@]12C. The molecule has 4 saturated carbocycles. The van der Waals surface area contributed by atoms with Gasteiger partial charge in [0.05, 0.1) is 6.10 Å². The first kappa shape index (κ1) is 23.3. The molecule has 0 amide bonds. The van der Waals surface area contributed by atoms with Gasteiger partial charge in [-0.2, -0.15) is 0 Å². The smallest absolute Gasteiger partial charge is 0.192 e. The van der Waals surface area contributed by atoms with Gasteiger partial charge in [-0.05, 0) is 123 Å². The van der Waals surface area contributed by atoms with Crippen LogP contribution in [0.4, 0.5) is 0 Å². The fourth-order valence-electron chi connectivity index (χ4n) is 8.75. The van der Waals surface area contributed by atoms with Crippen molar-refractivity contribution in [1.82, 2.24) is 0 Å². The van der Waals surface area contributed by atoms with Crippen LogP contribution in [0, 0.1) is 40.4 Å². The highest BCUT2D eigenvalue weighted by Crippen LogP contribution is 2.68. The van der Waals surface area contributed by atoms with Crippen LogP contribution in [0.25, 0.3) is 0 Å². The Balaban J connectivity index is 1.48.